The van der Waals surface area contributed by atoms with E-state index in [9.17, 15) is 14.2 Å². The normalized spacial score (nSPS) is 14.8. The zero-order valence-corrected chi connectivity index (χ0v) is 20.3. The Labute approximate surface area is 207 Å². The summed E-state index contributed by atoms with van der Waals surface area (Å²) in [5.41, 5.74) is 1.08. The zero-order valence-electron chi connectivity index (χ0n) is 22.5. The Morgan fingerprint density at radius 2 is 1.86 bits per heavy atom. The van der Waals surface area contributed by atoms with Crippen molar-refractivity contribution >= 4 is 41.5 Å². The Bertz CT molecular complexity index is 1420. The molecule has 1 aliphatic carbocycles. The van der Waals surface area contributed by atoms with E-state index in [0.29, 0.717) is 28.1 Å². The van der Waals surface area contributed by atoms with Crippen molar-refractivity contribution in [3.05, 3.63) is 48.4 Å². The van der Waals surface area contributed by atoms with Crippen LogP contribution in [0.3, 0.4) is 0 Å². The Morgan fingerprint density at radius 3 is 2.49 bits per heavy atom. The molecule has 2 heterocycles. The number of rotatable bonds is 8. The summed E-state index contributed by atoms with van der Waals surface area (Å²) in [6, 6.07) is 6.61. The fourth-order valence-corrected chi connectivity index (χ4v) is 4.04. The number of pyridine rings is 1. The number of methoxy groups -OCH3 is 1. The van der Waals surface area contributed by atoms with Crippen molar-refractivity contribution in [3.63, 3.8) is 0 Å². The predicted molar refractivity (Wildman–Crippen MR) is 135 cm³/mol. The second kappa shape index (κ2) is 9.84. The maximum absolute atomic E-state index is 12.8. The van der Waals surface area contributed by atoms with Crippen molar-refractivity contribution in [1.29, 1.82) is 0 Å². The topological polar surface area (TPSA) is 135 Å². The summed E-state index contributed by atoms with van der Waals surface area (Å²) in [4.78, 5) is 37.9. The lowest BCUT2D eigenvalue weighted by Gasteiger charge is -2.17. The third-order valence-corrected chi connectivity index (χ3v) is 6.93. The van der Waals surface area contributed by atoms with E-state index >= 15 is 0 Å². The molecule has 35 heavy (non-hydrogen) atoms. The lowest BCUT2D eigenvalue weighted by atomic mass is 10.1. The SMILES string of the molecule is [2H]C([2H])([2H])NC(=O)c1cnc(NC(=O)C2CC2)cc1Nc1cccc(-c2ncc(P(C)(C)=O)cn2)c1OC. The minimum Gasteiger partial charge on any atom is -0.494 e. The van der Waals surface area contributed by atoms with Gasteiger partial charge in [-0.05, 0) is 38.3 Å². The molecule has 1 aliphatic rings. The van der Waals surface area contributed by atoms with Gasteiger partial charge in [0.1, 0.15) is 13.0 Å². The number of hydrogen-bond acceptors (Lipinski definition) is 8. The third-order valence-electron chi connectivity index (χ3n) is 5.45. The second-order valence-corrected chi connectivity index (χ2v) is 11.7. The lowest BCUT2D eigenvalue weighted by Crippen LogP contribution is -2.20. The van der Waals surface area contributed by atoms with Gasteiger partial charge in [0.05, 0.1) is 29.6 Å². The van der Waals surface area contributed by atoms with Gasteiger partial charge in [-0.1, -0.05) is 6.07 Å². The summed E-state index contributed by atoms with van der Waals surface area (Å²) < 4.78 is 40.1. The van der Waals surface area contributed by atoms with Gasteiger partial charge < -0.3 is 25.3 Å². The molecule has 2 aromatic heterocycles. The average Bonchev–Trinajstić information content (AvgIpc) is 3.68. The summed E-state index contributed by atoms with van der Waals surface area (Å²) in [6.45, 7) is 0.550. The number of carbonyl (C=O) groups excluding carboxylic acids is 2. The molecule has 0 saturated heterocycles. The fourth-order valence-electron chi connectivity index (χ4n) is 3.36. The number of aromatic nitrogens is 3. The van der Waals surface area contributed by atoms with E-state index in [-0.39, 0.29) is 28.9 Å². The van der Waals surface area contributed by atoms with Gasteiger partial charge in [0, 0.05) is 47.0 Å². The number of anilines is 3. The molecule has 11 heteroatoms. The van der Waals surface area contributed by atoms with E-state index < -0.39 is 20.0 Å². The van der Waals surface area contributed by atoms with Gasteiger partial charge in [0.2, 0.25) is 5.91 Å². The molecule has 0 atom stereocenters. The molecule has 3 N–H and O–H groups in total. The van der Waals surface area contributed by atoms with Crippen LogP contribution in [0.15, 0.2) is 42.9 Å². The van der Waals surface area contributed by atoms with E-state index in [1.54, 1.807) is 31.5 Å². The molecule has 0 unspecified atom stereocenters. The number of hydrogen-bond donors (Lipinski definition) is 3. The van der Waals surface area contributed by atoms with Crippen LogP contribution in [-0.2, 0) is 9.36 Å². The molecule has 4 rings (SSSR count). The first-order valence-electron chi connectivity index (χ1n) is 12.3. The van der Waals surface area contributed by atoms with Crippen LogP contribution >= 0.6 is 7.14 Å². The summed E-state index contributed by atoms with van der Waals surface area (Å²) in [5.74, 6) is -0.240. The van der Waals surface area contributed by atoms with Crippen LogP contribution in [0.2, 0.25) is 0 Å². The standard InChI is InChI=1S/C24H27N6O4P/c1-25-24(32)17-13-26-20(30-23(31)14-8-9-14)10-19(17)29-18-7-5-6-16(21(18)34-2)22-27-11-15(12-28-22)35(3,4)33/h5-7,10-14H,8-9H2,1-4H3,(H,25,32)(H2,26,29,30,31)/i1D3. The van der Waals surface area contributed by atoms with Crippen LogP contribution in [0.4, 0.5) is 17.2 Å². The van der Waals surface area contributed by atoms with Crippen molar-refractivity contribution in [1.82, 2.24) is 20.3 Å². The number of nitrogens with one attached hydrogen (secondary N) is 3. The van der Waals surface area contributed by atoms with Crippen molar-refractivity contribution in [3.8, 4) is 17.1 Å². The fraction of sp³-hybridized carbons (Fsp3) is 0.292. The van der Waals surface area contributed by atoms with Gasteiger partial charge in [-0.2, -0.15) is 0 Å². The lowest BCUT2D eigenvalue weighted by molar-refractivity contribution is -0.117. The highest BCUT2D eigenvalue weighted by molar-refractivity contribution is 7.70. The quantitative estimate of drug-likeness (QED) is 0.404. The Hall–Kier alpha value is -3.78. The minimum absolute atomic E-state index is 0.0553. The van der Waals surface area contributed by atoms with Gasteiger partial charge in [-0.25, -0.2) is 15.0 Å². The van der Waals surface area contributed by atoms with Crippen LogP contribution < -0.4 is 26.0 Å². The van der Waals surface area contributed by atoms with E-state index in [2.05, 4.69) is 25.6 Å². The molecule has 0 radical (unpaired) electrons. The maximum atomic E-state index is 12.8. The van der Waals surface area contributed by atoms with Crippen molar-refractivity contribution in [2.24, 2.45) is 5.92 Å². The summed E-state index contributed by atoms with van der Waals surface area (Å²) in [6.07, 6.45) is 5.82. The summed E-state index contributed by atoms with van der Waals surface area (Å²) in [7, 11) is -1.07. The molecule has 182 valence electrons. The molecule has 3 aromatic rings. The first-order valence-corrected chi connectivity index (χ1v) is 13.4. The smallest absolute Gasteiger partial charge is 0.254 e. The summed E-state index contributed by atoms with van der Waals surface area (Å²) in [5, 5.41) is 8.31. The summed E-state index contributed by atoms with van der Waals surface area (Å²) >= 11 is 0. The molecule has 10 nitrogen and oxygen atoms in total. The van der Waals surface area contributed by atoms with Gasteiger partial charge in [-0.3, -0.25) is 9.59 Å². The van der Waals surface area contributed by atoms with E-state index in [1.807, 2.05) is 5.32 Å². The second-order valence-electron chi connectivity index (χ2n) is 8.46. The van der Waals surface area contributed by atoms with Crippen LogP contribution in [0.25, 0.3) is 11.4 Å². The highest BCUT2D eigenvalue weighted by Crippen LogP contribution is 2.38. The molecule has 0 bridgehead atoms. The monoisotopic (exact) mass is 497 g/mol. The molecule has 0 aliphatic heterocycles. The largest absolute Gasteiger partial charge is 0.494 e. The number of amides is 2. The van der Waals surface area contributed by atoms with Gasteiger partial charge in [0.15, 0.2) is 11.6 Å². The van der Waals surface area contributed by atoms with Crippen molar-refractivity contribution in [2.75, 3.05) is 38.0 Å². The predicted octanol–water partition coefficient (Wildman–Crippen LogP) is 3.25. The third kappa shape index (κ3) is 5.49. The van der Waals surface area contributed by atoms with E-state index in [0.717, 1.165) is 12.8 Å². The van der Waals surface area contributed by atoms with Gasteiger partial charge in [-0.15, -0.1) is 0 Å². The number of para-hydroxylation sites is 1. The molecular weight excluding hydrogens is 467 g/mol. The highest BCUT2D eigenvalue weighted by Gasteiger charge is 2.30. The molecule has 1 saturated carbocycles. The highest BCUT2D eigenvalue weighted by atomic mass is 31.2. The number of ether oxygens (including phenoxy) is 1. The van der Waals surface area contributed by atoms with Crippen molar-refractivity contribution in [2.45, 2.75) is 12.8 Å². The Kier molecular flexibility index (Phi) is 5.78. The first kappa shape index (κ1) is 20.6. The zero-order chi connectivity index (χ0) is 27.7. The molecular formula is C24H27N6O4P. The van der Waals surface area contributed by atoms with E-state index in [1.165, 1.54) is 31.8 Å². The first-order chi connectivity index (χ1) is 17.9. The molecule has 1 aromatic carbocycles. The van der Waals surface area contributed by atoms with Crippen LogP contribution in [0.1, 0.15) is 27.3 Å². The van der Waals surface area contributed by atoms with E-state index in [4.69, 9.17) is 8.85 Å². The van der Waals surface area contributed by atoms with Crippen LogP contribution in [-0.4, -0.2) is 54.2 Å². The number of benzene rings is 1. The Balaban J connectivity index is 1.72. The Morgan fingerprint density at radius 1 is 1.11 bits per heavy atom. The van der Waals surface area contributed by atoms with Gasteiger partial charge >= 0.3 is 0 Å². The van der Waals surface area contributed by atoms with Gasteiger partial charge in [0.25, 0.3) is 5.91 Å². The van der Waals surface area contributed by atoms with Crippen LogP contribution in [0, 0.1) is 5.92 Å². The average molecular weight is 498 g/mol. The molecule has 2 amide bonds. The van der Waals surface area contributed by atoms with Crippen molar-refractivity contribution < 1.29 is 23.0 Å². The molecule has 0 spiro atoms. The number of carbonyl (C=O) groups is 2. The number of nitrogens with zero attached hydrogens (tertiary/aromatic N) is 3. The maximum Gasteiger partial charge on any atom is 0.254 e. The minimum atomic E-state index is -2.71. The van der Waals surface area contributed by atoms with Crippen LogP contribution in [0.5, 0.6) is 5.75 Å². The molecule has 1 fully saturated rings.